The summed E-state index contributed by atoms with van der Waals surface area (Å²) in [7, 11) is 0. The third kappa shape index (κ3) is 39.6. The molecule has 0 fully saturated rings. The number of unbranched alkanes of at least 4 members (excludes halogenated alkanes) is 28. The number of rotatable bonds is 41. The van der Waals surface area contributed by atoms with E-state index in [-0.39, 0.29) is 31.1 Å². The van der Waals surface area contributed by atoms with Crippen molar-refractivity contribution < 1.29 is 28.6 Å². The Hall–Kier alpha value is -1.59. The lowest BCUT2D eigenvalue weighted by Crippen LogP contribution is -2.30. The molecule has 0 spiro atoms. The number of esters is 3. The van der Waals surface area contributed by atoms with Crippen LogP contribution in [0, 0.1) is 5.92 Å². The minimum atomic E-state index is -0.759. The maximum absolute atomic E-state index is 12.7. The second kappa shape index (κ2) is 40.6. The van der Waals surface area contributed by atoms with E-state index < -0.39 is 6.10 Å². The molecule has 0 aromatic carbocycles. The monoisotopic (exact) mass is 737 g/mol. The van der Waals surface area contributed by atoms with E-state index in [2.05, 4.69) is 27.7 Å². The summed E-state index contributed by atoms with van der Waals surface area (Å²) in [5.74, 6) is -0.0756. The fraction of sp³-hybridized carbons (Fsp3) is 0.935. The van der Waals surface area contributed by atoms with Crippen molar-refractivity contribution in [3.8, 4) is 0 Å². The molecular weight excluding hydrogens is 648 g/mol. The van der Waals surface area contributed by atoms with Crippen LogP contribution in [0.3, 0.4) is 0 Å². The van der Waals surface area contributed by atoms with Crippen LogP contribution in [0.25, 0.3) is 0 Å². The molecular formula is C46H88O6. The van der Waals surface area contributed by atoms with E-state index >= 15 is 0 Å². The van der Waals surface area contributed by atoms with Crippen LogP contribution < -0.4 is 0 Å². The number of ether oxygens (including phenoxy) is 3. The van der Waals surface area contributed by atoms with Crippen LogP contribution in [-0.2, 0) is 28.6 Å². The highest BCUT2D eigenvalue weighted by Crippen LogP contribution is 2.16. The fourth-order valence-corrected chi connectivity index (χ4v) is 6.80. The van der Waals surface area contributed by atoms with Crippen LogP contribution in [0.5, 0.6) is 0 Å². The predicted octanol–water partition coefficient (Wildman–Crippen LogP) is 14.3. The summed E-state index contributed by atoms with van der Waals surface area (Å²) >= 11 is 0. The van der Waals surface area contributed by atoms with Crippen LogP contribution >= 0.6 is 0 Å². The lowest BCUT2D eigenvalue weighted by Gasteiger charge is -2.18. The van der Waals surface area contributed by atoms with Crippen LogP contribution in [-0.4, -0.2) is 37.2 Å². The zero-order valence-corrected chi connectivity index (χ0v) is 35.3. The Kier molecular flexibility index (Phi) is 39.4. The van der Waals surface area contributed by atoms with Crippen molar-refractivity contribution in [2.75, 3.05) is 13.2 Å². The van der Waals surface area contributed by atoms with Crippen molar-refractivity contribution in [1.82, 2.24) is 0 Å². The zero-order valence-electron chi connectivity index (χ0n) is 35.3. The van der Waals surface area contributed by atoms with E-state index in [1.54, 1.807) is 0 Å². The molecule has 0 amide bonds. The summed E-state index contributed by atoms with van der Waals surface area (Å²) in [6.45, 7) is 8.94. The fourth-order valence-electron chi connectivity index (χ4n) is 6.80. The Morgan fingerprint density at radius 2 is 0.635 bits per heavy atom. The summed E-state index contributed by atoms with van der Waals surface area (Å²) in [6.07, 6.45) is 39.5. The van der Waals surface area contributed by atoms with Gasteiger partial charge in [0.05, 0.1) is 0 Å². The standard InChI is InChI=1S/C46H88O6/c1-5-7-9-11-13-15-17-18-19-20-22-26-31-35-39-46(49)52-43(40-50-44(47)37-33-29-25-21-16-14-12-10-8-6-2)41-51-45(48)38-34-30-27-23-24-28-32-36-42(3)4/h42-43H,5-41H2,1-4H3/t43-/m1/s1. The highest BCUT2D eigenvalue weighted by atomic mass is 16.6. The molecule has 0 radical (unpaired) electrons. The van der Waals surface area contributed by atoms with E-state index in [0.717, 1.165) is 63.7 Å². The van der Waals surface area contributed by atoms with Gasteiger partial charge in [0.2, 0.25) is 0 Å². The molecule has 0 N–H and O–H groups in total. The van der Waals surface area contributed by atoms with Crippen molar-refractivity contribution in [3.63, 3.8) is 0 Å². The molecule has 308 valence electrons. The molecule has 0 unspecified atom stereocenters. The molecule has 0 bridgehead atoms. The van der Waals surface area contributed by atoms with Crippen molar-refractivity contribution in [1.29, 1.82) is 0 Å². The Bertz CT molecular complexity index is 781. The molecule has 0 heterocycles. The van der Waals surface area contributed by atoms with Gasteiger partial charge in [-0.2, -0.15) is 0 Å². The maximum atomic E-state index is 12.7. The van der Waals surface area contributed by atoms with Gasteiger partial charge in [0.1, 0.15) is 13.2 Å². The smallest absolute Gasteiger partial charge is 0.306 e. The summed E-state index contributed by atoms with van der Waals surface area (Å²) in [5, 5.41) is 0. The Morgan fingerprint density at radius 1 is 0.365 bits per heavy atom. The zero-order chi connectivity index (χ0) is 38.2. The van der Waals surface area contributed by atoms with E-state index in [1.807, 2.05) is 0 Å². The van der Waals surface area contributed by atoms with E-state index in [9.17, 15) is 14.4 Å². The third-order valence-corrected chi connectivity index (χ3v) is 10.3. The average Bonchev–Trinajstić information content (AvgIpc) is 3.12. The summed E-state index contributed by atoms with van der Waals surface area (Å²) in [6, 6.07) is 0. The Balaban J connectivity index is 4.32. The molecule has 52 heavy (non-hydrogen) atoms. The van der Waals surface area contributed by atoms with Gasteiger partial charge in [-0.15, -0.1) is 0 Å². The first-order chi connectivity index (χ1) is 25.4. The van der Waals surface area contributed by atoms with Gasteiger partial charge in [-0.3, -0.25) is 14.4 Å². The second-order valence-corrected chi connectivity index (χ2v) is 16.2. The van der Waals surface area contributed by atoms with Crippen molar-refractivity contribution >= 4 is 17.9 Å². The summed E-state index contributed by atoms with van der Waals surface area (Å²) in [4.78, 5) is 37.6. The molecule has 6 nitrogen and oxygen atoms in total. The minimum Gasteiger partial charge on any atom is -0.462 e. The van der Waals surface area contributed by atoms with Gasteiger partial charge in [-0.25, -0.2) is 0 Å². The average molecular weight is 737 g/mol. The molecule has 0 aliphatic heterocycles. The molecule has 0 saturated carbocycles. The lowest BCUT2D eigenvalue weighted by atomic mass is 10.0. The van der Waals surface area contributed by atoms with Crippen LogP contribution in [0.4, 0.5) is 0 Å². The van der Waals surface area contributed by atoms with Crippen molar-refractivity contribution in [3.05, 3.63) is 0 Å². The van der Waals surface area contributed by atoms with Crippen LogP contribution in [0.2, 0.25) is 0 Å². The van der Waals surface area contributed by atoms with E-state index in [1.165, 1.54) is 148 Å². The lowest BCUT2D eigenvalue weighted by molar-refractivity contribution is -0.167. The van der Waals surface area contributed by atoms with E-state index in [4.69, 9.17) is 14.2 Å². The molecule has 0 aliphatic carbocycles. The van der Waals surface area contributed by atoms with Gasteiger partial charge in [0.25, 0.3) is 0 Å². The van der Waals surface area contributed by atoms with Gasteiger partial charge in [-0.05, 0) is 25.2 Å². The van der Waals surface area contributed by atoms with Gasteiger partial charge in [0.15, 0.2) is 6.10 Å². The summed E-state index contributed by atoms with van der Waals surface area (Å²) in [5.41, 5.74) is 0. The maximum Gasteiger partial charge on any atom is 0.306 e. The number of hydrogen-bond donors (Lipinski definition) is 0. The molecule has 0 rings (SSSR count). The van der Waals surface area contributed by atoms with Crippen LogP contribution in [0.15, 0.2) is 0 Å². The van der Waals surface area contributed by atoms with Crippen LogP contribution in [0.1, 0.15) is 252 Å². The topological polar surface area (TPSA) is 78.9 Å². The highest BCUT2D eigenvalue weighted by Gasteiger charge is 2.19. The number of hydrogen-bond acceptors (Lipinski definition) is 6. The molecule has 0 aliphatic rings. The molecule has 0 aromatic rings. The largest absolute Gasteiger partial charge is 0.462 e. The Labute approximate surface area is 323 Å². The van der Waals surface area contributed by atoms with E-state index in [0.29, 0.717) is 19.3 Å². The van der Waals surface area contributed by atoms with Gasteiger partial charge < -0.3 is 14.2 Å². The minimum absolute atomic E-state index is 0.0643. The first-order valence-electron chi connectivity index (χ1n) is 22.9. The van der Waals surface area contributed by atoms with Crippen molar-refractivity contribution in [2.24, 2.45) is 5.92 Å². The number of carbonyl (C=O) groups excluding carboxylic acids is 3. The Morgan fingerprint density at radius 3 is 0.942 bits per heavy atom. The number of carbonyl (C=O) groups is 3. The van der Waals surface area contributed by atoms with Crippen molar-refractivity contribution in [2.45, 2.75) is 259 Å². The first-order valence-corrected chi connectivity index (χ1v) is 22.9. The van der Waals surface area contributed by atoms with Gasteiger partial charge in [0, 0.05) is 19.3 Å². The first kappa shape index (κ1) is 50.4. The van der Waals surface area contributed by atoms with Gasteiger partial charge >= 0.3 is 17.9 Å². The predicted molar refractivity (Wildman–Crippen MR) is 220 cm³/mol. The second-order valence-electron chi connectivity index (χ2n) is 16.2. The van der Waals surface area contributed by atoms with Gasteiger partial charge in [-0.1, -0.05) is 214 Å². The third-order valence-electron chi connectivity index (χ3n) is 10.3. The molecule has 6 heteroatoms. The molecule has 0 saturated heterocycles. The normalized spacial score (nSPS) is 11.9. The molecule has 0 aromatic heterocycles. The quantitative estimate of drug-likeness (QED) is 0.0353. The molecule has 1 atom stereocenters. The highest BCUT2D eigenvalue weighted by molar-refractivity contribution is 5.71. The SMILES string of the molecule is CCCCCCCCCCCCCCCCC(=O)O[C@H](COC(=O)CCCCCCCCCCCC)COC(=O)CCCCCCCCCC(C)C. The summed E-state index contributed by atoms with van der Waals surface area (Å²) < 4.78 is 16.7.